The van der Waals surface area contributed by atoms with Crippen LogP contribution in [0.4, 0.5) is 11.4 Å². The maximum atomic E-state index is 6.13. The molecule has 0 bridgehead atoms. The fourth-order valence-corrected chi connectivity index (χ4v) is 2.19. The summed E-state index contributed by atoms with van der Waals surface area (Å²) in [6, 6.07) is 13.6. The zero-order valence-electron chi connectivity index (χ0n) is 13.5. The lowest BCUT2D eigenvalue weighted by molar-refractivity contribution is 1.14. The van der Waals surface area contributed by atoms with E-state index in [2.05, 4.69) is 18.3 Å². The number of hydrogen-bond donors (Lipinski definition) is 1. The second-order valence-electron chi connectivity index (χ2n) is 3.73. The van der Waals surface area contributed by atoms with Crippen LogP contribution in [-0.2, 0) is 6.42 Å². The van der Waals surface area contributed by atoms with Crippen molar-refractivity contribution in [3.8, 4) is 0 Å². The largest absolute Gasteiger partial charge is 0.353 e. The van der Waals surface area contributed by atoms with E-state index < -0.39 is 0 Å². The van der Waals surface area contributed by atoms with Crippen molar-refractivity contribution < 1.29 is 0 Å². The Hall–Kier alpha value is -1.18. The zero-order chi connectivity index (χ0) is 16.3. The number of aryl methyl sites for hydroxylation is 1. The molecule has 0 unspecified atom stereocenters. The van der Waals surface area contributed by atoms with Crippen LogP contribution in [0.15, 0.2) is 42.5 Å². The van der Waals surface area contributed by atoms with E-state index in [1.54, 1.807) is 0 Å². The molecular weight excluding hydrogens is 301 g/mol. The Morgan fingerprint density at radius 3 is 1.86 bits per heavy atom. The summed E-state index contributed by atoms with van der Waals surface area (Å²) >= 11 is 12.3. The molecule has 2 rings (SSSR count). The highest BCUT2D eigenvalue weighted by molar-refractivity contribution is 6.39. The highest BCUT2D eigenvalue weighted by atomic mass is 35.5. The van der Waals surface area contributed by atoms with Crippen molar-refractivity contribution in [3.05, 3.63) is 58.1 Å². The number of nitrogens with one attached hydrogen (secondary N) is 1. The Morgan fingerprint density at radius 1 is 0.810 bits per heavy atom. The second-order valence-corrected chi connectivity index (χ2v) is 4.55. The van der Waals surface area contributed by atoms with Gasteiger partial charge in [0.25, 0.3) is 0 Å². The normalized spacial score (nSPS) is 8.90. The molecule has 1 N–H and O–H groups in total. The standard InChI is InChI=1S/C14H13Cl2N.2C2H6/c1-2-10-6-3-4-9-13(10)17-14-11(15)7-5-8-12(14)16;2*1-2/h3-9,17H,2H2,1H3;2*1-2H3. The van der Waals surface area contributed by atoms with E-state index in [-0.39, 0.29) is 0 Å². The predicted octanol–water partition coefficient (Wildman–Crippen LogP) is 7.35. The minimum absolute atomic E-state index is 0.628. The van der Waals surface area contributed by atoms with Gasteiger partial charge in [-0.25, -0.2) is 0 Å². The summed E-state index contributed by atoms with van der Waals surface area (Å²) in [5.41, 5.74) is 3.05. The van der Waals surface area contributed by atoms with Crippen molar-refractivity contribution in [2.24, 2.45) is 0 Å². The van der Waals surface area contributed by atoms with Crippen LogP contribution in [0.1, 0.15) is 40.2 Å². The van der Waals surface area contributed by atoms with Gasteiger partial charge in [0.2, 0.25) is 0 Å². The average Bonchev–Trinajstić information content (AvgIpc) is 2.55. The summed E-state index contributed by atoms with van der Waals surface area (Å²) in [6.45, 7) is 10.1. The second kappa shape index (κ2) is 11.5. The van der Waals surface area contributed by atoms with Crippen molar-refractivity contribution in [1.82, 2.24) is 0 Å². The average molecular weight is 326 g/mol. The lowest BCUT2D eigenvalue weighted by Gasteiger charge is -2.13. The van der Waals surface area contributed by atoms with Gasteiger partial charge in [-0.3, -0.25) is 0 Å². The molecule has 116 valence electrons. The van der Waals surface area contributed by atoms with E-state index in [4.69, 9.17) is 23.2 Å². The van der Waals surface area contributed by atoms with Gasteiger partial charge in [0.05, 0.1) is 15.7 Å². The Kier molecular flexibility index (Phi) is 10.8. The lowest BCUT2D eigenvalue weighted by atomic mass is 10.1. The summed E-state index contributed by atoms with van der Waals surface area (Å²) in [5, 5.41) is 4.55. The monoisotopic (exact) mass is 325 g/mol. The minimum atomic E-state index is 0.628. The lowest BCUT2D eigenvalue weighted by Crippen LogP contribution is -1.96. The van der Waals surface area contributed by atoms with E-state index >= 15 is 0 Å². The van der Waals surface area contributed by atoms with Gasteiger partial charge in [-0.2, -0.15) is 0 Å². The molecule has 3 heteroatoms. The molecule has 0 fully saturated rings. The molecule has 0 atom stereocenters. The van der Waals surface area contributed by atoms with Crippen LogP contribution in [0.3, 0.4) is 0 Å². The van der Waals surface area contributed by atoms with Crippen molar-refractivity contribution in [3.63, 3.8) is 0 Å². The molecule has 0 amide bonds. The van der Waals surface area contributed by atoms with Gasteiger partial charge in [0.1, 0.15) is 0 Å². The van der Waals surface area contributed by atoms with E-state index in [1.807, 2.05) is 64.1 Å². The maximum Gasteiger partial charge on any atom is 0.0762 e. The van der Waals surface area contributed by atoms with Gasteiger partial charge >= 0.3 is 0 Å². The highest BCUT2D eigenvalue weighted by Crippen LogP contribution is 2.33. The minimum Gasteiger partial charge on any atom is -0.353 e. The molecule has 0 saturated heterocycles. The van der Waals surface area contributed by atoms with E-state index in [1.165, 1.54) is 5.56 Å². The van der Waals surface area contributed by atoms with Gasteiger partial charge < -0.3 is 5.32 Å². The van der Waals surface area contributed by atoms with Crippen molar-refractivity contribution >= 4 is 34.6 Å². The van der Waals surface area contributed by atoms with E-state index in [9.17, 15) is 0 Å². The molecule has 0 aliphatic rings. The fraction of sp³-hybridized carbons (Fsp3) is 0.333. The van der Waals surface area contributed by atoms with Crippen LogP contribution < -0.4 is 5.32 Å². The number of benzene rings is 2. The highest BCUT2D eigenvalue weighted by Gasteiger charge is 2.07. The Bertz CT molecular complexity index is 504. The number of anilines is 2. The molecule has 0 heterocycles. The predicted molar refractivity (Wildman–Crippen MR) is 98.3 cm³/mol. The first kappa shape index (κ1) is 19.8. The van der Waals surface area contributed by atoms with Crippen LogP contribution >= 0.6 is 23.2 Å². The Labute approximate surface area is 139 Å². The van der Waals surface area contributed by atoms with E-state index in [0.717, 1.165) is 17.8 Å². The van der Waals surface area contributed by atoms with Crippen LogP contribution in [0.25, 0.3) is 0 Å². The molecular formula is C18H25Cl2N. The number of hydrogen-bond acceptors (Lipinski definition) is 1. The molecule has 0 aliphatic carbocycles. The summed E-state index contributed by atoms with van der Waals surface area (Å²) in [7, 11) is 0. The van der Waals surface area contributed by atoms with Crippen LogP contribution in [0.2, 0.25) is 10.0 Å². The van der Waals surface area contributed by atoms with Gasteiger partial charge in [-0.1, -0.05) is 82.1 Å². The fourth-order valence-electron chi connectivity index (χ4n) is 1.70. The number of rotatable bonds is 3. The first-order valence-electron chi connectivity index (χ1n) is 7.51. The third-order valence-corrected chi connectivity index (χ3v) is 3.25. The molecule has 21 heavy (non-hydrogen) atoms. The third-order valence-electron chi connectivity index (χ3n) is 2.62. The van der Waals surface area contributed by atoms with Crippen molar-refractivity contribution in [1.29, 1.82) is 0 Å². The van der Waals surface area contributed by atoms with Crippen LogP contribution in [0, 0.1) is 0 Å². The molecule has 0 aromatic heterocycles. The van der Waals surface area contributed by atoms with Crippen molar-refractivity contribution in [2.75, 3.05) is 5.32 Å². The SMILES string of the molecule is CC.CC.CCc1ccccc1Nc1c(Cl)cccc1Cl. The van der Waals surface area contributed by atoms with Crippen molar-refractivity contribution in [2.45, 2.75) is 41.0 Å². The Morgan fingerprint density at radius 2 is 1.33 bits per heavy atom. The number of para-hydroxylation sites is 2. The summed E-state index contributed by atoms with van der Waals surface area (Å²) in [6.07, 6.45) is 0.964. The molecule has 1 nitrogen and oxygen atoms in total. The van der Waals surface area contributed by atoms with Gasteiger partial charge in [-0.15, -0.1) is 0 Å². The number of halogens is 2. The Balaban J connectivity index is 0.000000921. The molecule has 0 radical (unpaired) electrons. The quantitative estimate of drug-likeness (QED) is 0.621. The molecule has 2 aromatic rings. The maximum absolute atomic E-state index is 6.13. The first-order chi connectivity index (χ1) is 10.2. The van der Waals surface area contributed by atoms with Crippen LogP contribution in [0.5, 0.6) is 0 Å². The van der Waals surface area contributed by atoms with Gasteiger partial charge in [0, 0.05) is 5.69 Å². The molecule has 2 aromatic carbocycles. The molecule has 0 saturated carbocycles. The zero-order valence-corrected chi connectivity index (χ0v) is 15.0. The van der Waals surface area contributed by atoms with E-state index in [0.29, 0.717) is 10.0 Å². The topological polar surface area (TPSA) is 12.0 Å². The third kappa shape index (κ3) is 5.99. The van der Waals surface area contributed by atoms with Gasteiger partial charge in [-0.05, 0) is 30.2 Å². The summed E-state index contributed by atoms with van der Waals surface area (Å²) in [5.74, 6) is 0. The first-order valence-corrected chi connectivity index (χ1v) is 8.27. The smallest absolute Gasteiger partial charge is 0.0762 e. The van der Waals surface area contributed by atoms with Gasteiger partial charge in [0.15, 0.2) is 0 Å². The summed E-state index contributed by atoms with van der Waals surface area (Å²) < 4.78 is 0. The molecule has 0 spiro atoms. The van der Waals surface area contributed by atoms with Crippen LogP contribution in [-0.4, -0.2) is 0 Å². The molecule has 0 aliphatic heterocycles. The summed E-state index contributed by atoms with van der Waals surface area (Å²) in [4.78, 5) is 0.